The van der Waals surface area contributed by atoms with Gasteiger partial charge in [-0.15, -0.1) is 0 Å². The Labute approximate surface area is 149 Å². The van der Waals surface area contributed by atoms with E-state index >= 15 is 0 Å². The fourth-order valence-corrected chi connectivity index (χ4v) is 3.38. The van der Waals surface area contributed by atoms with Crippen LogP contribution in [-0.2, 0) is 17.8 Å². The second-order valence-electron chi connectivity index (χ2n) is 7.79. The molecule has 0 unspecified atom stereocenters. The predicted octanol–water partition coefficient (Wildman–Crippen LogP) is 2.80. The highest BCUT2D eigenvalue weighted by Crippen LogP contribution is 2.26. The summed E-state index contributed by atoms with van der Waals surface area (Å²) in [5.41, 5.74) is 2.52. The van der Waals surface area contributed by atoms with Gasteiger partial charge in [0, 0.05) is 37.4 Å². The maximum absolute atomic E-state index is 12.4. The summed E-state index contributed by atoms with van der Waals surface area (Å²) in [5.74, 6) is 0.689. The van der Waals surface area contributed by atoms with Crippen molar-refractivity contribution >= 4 is 5.91 Å². The van der Waals surface area contributed by atoms with E-state index in [-0.39, 0.29) is 11.3 Å². The number of carbonyl (C=O) groups is 1. The molecule has 6 heteroatoms. The third kappa shape index (κ3) is 3.89. The van der Waals surface area contributed by atoms with Crippen LogP contribution in [0, 0.1) is 11.3 Å². The minimum Gasteiger partial charge on any atom is -0.342 e. The Balaban J connectivity index is 1.69. The van der Waals surface area contributed by atoms with Gasteiger partial charge in [0.2, 0.25) is 5.91 Å². The molecule has 134 valence electrons. The molecule has 1 aliphatic rings. The number of aromatic nitrogens is 4. The smallest absolute Gasteiger partial charge is 0.227 e. The summed E-state index contributed by atoms with van der Waals surface area (Å²) in [5, 5.41) is 4.30. The van der Waals surface area contributed by atoms with Crippen molar-refractivity contribution in [2.45, 2.75) is 47.1 Å². The first kappa shape index (κ1) is 17.6. The number of nitrogens with zero attached hydrogens (tertiary/aromatic N) is 5. The van der Waals surface area contributed by atoms with Gasteiger partial charge in [0.1, 0.15) is 5.69 Å². The molecule has 0 N–H and O–H groups in total. The van der Waals surface area contributed by atoms with Gasteiger partial charge in [0.05, 0.1) is 17.6 Å². The number of hydrogen-bond acceptors (Lipinski definition) is 4. The second kappa shape index (κ2) is 6.94. The van der Waals surface area contributed by atoms with E-state index < -0.39 is 0 Å². The number of amides is 1. The van der Waals surface area contributed by atoms with Crippen LogP contribution in [0.25, 0.3) is 11.4 Å². The van der Waals surface area contributed by atoms with E-state index in [0.717, 1.165) is 49.6 Å². The number of aryl methyl sites for hydroxylation is 1. The standard InChI is InChI=1S/C19H27N5O/c1-5-24-17(6-8-21-24)16-12-20-11-15(22-16)10-14-7-9-23(13-14)18(25)19(2,3)4/h6,8,11-12,14H,5,7,9-10,13H2,1-4H3/t14-/m0/s1. The zero-order valence-corrected chi connectivity index (χ0v) is 15.6. The van der Waals surface area contributed by atoms with Gasteiger partial charge in [0.25, 0.3) is 0 Å². The Morgan fingerprint density at radius 1 is 1.32 bits per heavy atom. The van der Waals surface area contributed by atoms with Gasteiger partial charge >= 0.3 is 0 Å². The highest BCUT2D eigenvalue weighted by Gasteiger charge is 2.32. The molecule has 25 heavy (non-hydrogen) atoms. The number of hydrogen-bond donors (Lipinski definition) is 0. The molecule has 0 spiro atoms. The van der Waals surface area contributed by atoms with Crippen LogP contribution in [-0.4, -0.2) is 43.6 Å². The molecule has 3 heterocycles. The lowest BCUT2D eigenvalue weighted by Crippen LogP contribution is -2.38. The summed E-state index contributed by atoms with van der Waals surface area (Å²) in [4.78, 5) is 23.6. The normalized spacial score (nSPS) is 17.9. The zero-order chi connectivity index (χ0) is 18.0. The molecule has 0 bridgehead atoms. The summed E-state index contributed by atoms with van der Waals surface area (Å²) in [7, 11) is 0. The number of likely N-dealkylation sites (tertiary alicyclic amines) is 1. The van der Waals surface area contributed by atoms with Crippen LogP contribution >= 0.6 is 0 Å². The van der Waals surface area contributed by atoms with Gasteiger partial charge in [0.15, 0.2) is 0 Å². The van der Waals surface area contributed by atoms with Crippen LogP contribution in [0.2, 0.25) is 0 Å². The summed E-state index contributed by atoms with van der Waals surface area (Å²) < 4.78 is 1.92. The van der Waals surface area contributed by atoms with Crippen molar-refractivity contribution in [3.63, 3.8) is 0 Å². The zero-order valence-electron chi connectivity index (χ0n) is 15.6. The maximum atomic E-state index is 12.4. The fraction of sp³-hybridized carbons (Fsp3) is 0.579. The van der Waals surface area contributed by atoms with E-state index in [4.69, 9.17) is 4.98 Å². The molecule has 0 radical (unpaired) electrons. The van der Waals surface area contributed by atoms with Gasteiger partial charge in [-0.2, -0.15) is 5.10 Å². The Hall–Kier alpha value is -2.24. The topological polar surface area (TPSA) is 63.9 Å². The molecule has 1 saturated heterocycles. The number of carbonyl (C=O) groups excluding carboxylic acids is 1. The molecule has 3 rings (SSSR count). The van der Waals surface area contributed by atoms with Crippen LogP contribution < -0.4 is 0 Å². The molecule has 1 atom stereocenters. The van der Waals surface area contributed by atoms with Crippen LogP contribution in [0.4, 0.5) is 0 Å². The Bertz CT molecular complexity index is 746. The van der Waals surface area contributed by atoms with E-state index in [1.165, 1.54) is 0 Å². The van der Waals surface area contributed by atoms with Crippen molar-refractivity contribution in [1.82, 2.24) is 24.6 Å². The van der Waals surface area contributed by atoms with E-state index in [2.05, 4.69) is 17.0 Å². The Kier molecular flexibility index (Phi) is 4.88. The number of rotatable bonds is 4. The lowest BCUT2D eigenvalue weighted by atomic mass is 9.95. The van der Waals surface area contributed by atoms with Crippen molar-refractivity contribution in [2.24, 2.45) is 11.3 Å². The summed E-state index contributed by atoms with van der Waals surface area (Å²) >= 11 is 0. The van der Waals surface area contributed by atoms with Crippen molar-refractivity contribution in [1.29, 1.82) is 0 Å². The van der Waals surface area contributed by atoms with Crippen LogP contribution in [0.5, 0.6) is 0 Å². The molecule has 1 aliphatic heterocycles. The molecule has 1 fully saturated rings. The predicted molar refractivity (Wildman–Crippen MR) is 96.8 cm³/mol. The average Bonchev–Trinajstić information content (AvgIpc) is 3.22. The minimum atomic E-state index is -0.312. The molecule has 1 amide bonds. The first-order valence-electron chi connectivity index (χ1n) is 9.01. The quantitative estimate of drug-likeness (QED) is 0.858. The molecular weight excluding hydrogens is 314 g/mol. The van der Waals surface area contributed by atoms with Crippen LogP contribution in [0.1, 0.15) is 39.8 Å². The minimum absolute atomic E-state index is 0.238. The van der Waals surface area contributed by atoms with Crippen molar-refractivity contribution in [2.75, 3.05) is 13.1 Å². The molecular formula is C19H27N5O. The summed E-state index contributed by atoms with van der Waals surface area (Å²) in [6.45, 7) is 10.5. The van der Waals surface area contributed by atoms with Gasteiger partial charge in [-0.3, -0.25) is 14.5 Å². The largest absolute Gasteiger partial charge is 0.342 e. The third-order valence-corrected chi connectivity index (χ3v) is 4.68. The third-order valence-electron chi connectivity index (χ3n) is 4.68. The molecule has 2 aromatic heterocycles. The average molecular weight is 341 g/mol. The van der Waals surface area contributed by atoms with E-state index in [1.807, 2.05) is 42.6 Å². The lowest BCUT2D eigenvalue weighted by Gasteiger charge is -2.25. The highest BCUT2D eigenvalue weighted by atomic mass is 16.2. The van der Waals surface area contributed by atoms with Gasteiger partial charge in [-0.1, -0.05) is 20.8 Å². The molecule has 0 aliphatic carbocycles. The van der Waals surface area contributed by atoms with Crippen molar-refractivity contribution < 1.29 is 4.79 Å². The van der Waals surface area contributed by atoms with E-state index in [1.54, 1.807) is 12.4 Å². The summed E-state index contributed by atoms with van der Waals surface area (Å²) in [6.07, 6.45) is 7.30. The van der Waals surface area contributed by atoms with Crippen molar-refractivity contribution in [3.05, 3.63) is 30.4 Å². The lowest BCUT2D eigenvalue weighted by molar-refractivity contribution is -0.138. The van der Waals surface area contributed by atoms with E-state index in [9.17, 15) is 4.79 Å². The second-order valence-corrected chi connectivity index (χ2v) is 7.79. The Morgan fingerprint density at radius 2 is 2.12 bits per heavy atom. The first-order chi connectivity index (χ1) is 11.9. The first-order valence-corrected chi connectivity index (χ1v) is 9.01. The monoisotopic (exact) mass is 341 g/mol. The molecule has 0 saturated carbocycles. The van der Waals surface area contributed by atoms with E-state index in [0.29, 0.717) is 5.92 Å². The SMILES string of the molecule is CCn1nccc1-c1cncc(C[C@@H]2CCN(C(=O)C(C)(C)C)C2)n1. The molecule has 0 aromatic carbocycles. The fourth-order valence-electron chi connectivity index (χ4n) is 3.38. The van der Waals surface area contributed by atoms with Gasteiger partial charge < -0.3 is 4.90 Å². The highest BCUT2D eigenvalue weighted by molar-refractivity contribution is 5.81. The molecule has 2 aromatic rings. The summed E-state index contributed by atoms with van der Waals surface area (Å²) in [6, 6.07) is 1.97. The molecule has 6 nitrogen and oxygen atoms in total. The Morgan fingerprint density at radius 3 is 2.84 bits per heavy atom. The van der Waals surface area contributed by atoms with Gasteiger partial charge in [-0.25, -0.2) is 4.98 Å². The van der Waals surface area contributed by atoms with Crippen LogP contribution in [0.15, 0.2) is 24.7 Å². The van der Waals surface area contributed by atoms with Gasteiger partial charge in [-0.05, 0) is 31.7 Å². The van der Waals surface area contributed by atoms with Crippen molar-refractivity contribution in [3.8, 4) is 11.4 Å². The van der Waals surface area contributed by atoms with Crippen LogP contribution in [0.3, 0.4) is 0 Å². The maximum Gasteiger partial charge on any atom is 0.227 e.